The number of carbonyl (C=O) groups is 1. The van der Waals surface area contributed by atoms with Crippen LogP contribution in [0.3, 0.4) is 0 Å². The Morgan fingerprint density at radius 3 is 2.54 bits per heavy atom. The van der Waals surface area contributed by atoms with Gasteiger partial charge in [-0.3, -0.25) is 4.79 Å². The third-order valence-electron chi connectivity index (χ3n) is 3.77. The topological polar surface area (TPSA) is 111 Å². The van der Waals surface area contributed by atoms with Crippen LogP contribution < -0.4 is 5.73 Å². The van der Waals surface area contributed by atoms with Gasteiger partial charge in [-0.1, -0.05) is 24.6 Å². The average molecular weight is 361 g/mol. The number of hydrogen-bond acceptors (Lipinski definition) is 7. The molecule has 26 heavy (non-hydrogen) atoms. The quantitative estimate of drug-likeness (QED) is 0.549. The fraction of sp³-hybridized carbons (Fsp3) is 0.526. The third kappa shape index (κ3) is 5.64. The number of unbranched alkanes of at least 4 members (excludes halogenated alkanes) is 1. The van der Waals surface area contributed by atoms with Gasteiger partial charge in [0.05, 0.1) is 5.92 Å². The van der Waals surface area contributed by atoms with Crippen molar-refractivity contribution < 1.29 is 19.1 Å². The number of carbonyl (C=O) groups excluding carboxylic acids is 1. The van der Waals surface area contributed by atoms with Crippen molar-refractivity contribution in [3.63, 3.8) is 0 Å². The second kappa shape index (κ2) is 8.91. The van der Waals surface area contributed by atoms with E-state index in [2.05, 4.69) is 10.2 Å². The first-order valence-corrected chi connectivity index (χ1v) is 8.81. The molecular weight excluding hydrogens is 334 g/mol. The monoisotopic (exact) mass is 361 g/mol. The largest absolute Gasteiger partial charge is 0.460 e. The Labute approximate surface area is 153 Å². The van der Waals surface area contributed by atoms with E-state index >= 15 is 0 Å². The molecule has 7 nitrogen and oxygen atoms in total. The molecule has 0 aliphatic carbocycles. The van der Waals surface area contributed by atoms with E-state index in [-0.39, 0.29) is 5.89 Å². The van der Waals surface area contributed by atoms with Gasteiger partial charge in [-0.2, -0.15) is 0 Å². The van der Waals surface area contributed by atoms with Crippen LogP contribution in [0, 0.1) is 5.92 Å². The fourth-order valence-electron chi connectivity index (χ4n) is 2.51. The number of benzene rings is 1. The molecule has 7 heteroatoms. The van der Waals surface area contributed by atoms with Crippen LogP contribution in [0.1, 0.15) is 52.0 Å². The van der Waals surface area contributed by atoms with E-state index in [0.717, 1.165) is 12.0 Å². The molecule has 1 heterocycles. The number of nitrogens with two attached hydrogens (primary N) is 1. The predicted molar refractivity (Wildman–Crippen MR) is 96.9 cm³/mol. The lowest BCUT2D eigenvalue weighted by Gasteiger charge is -2.25. The summed E-state index contributed by atoms with van der Waals surface area (Å²) in [6.45, 7) is 5.88. The summed E-state index contributed by atoms with van der Waals surface area (Å²) in [4.78, 5) is 12.5. The minimum absolute atomic E-state index is 0.00691. The number of nitrogens with zero attached hydrogens (tertiary/aromatic N) is 2. The summed E-state index contributed by atoms with van der Waals surface area (Å²) in [7, 11) is 0. The van der Waals surface area contributed by atoms with Crippen molar-refractivity contribution in [3.05, 3.63) is 36.2 Å². The van der Waals surface area contributed by atoms with Crippen molar-refractivity contribution >= 4 is 5.97 Å². The van der Waals surface area contributed by atoms with Gasteiger partial charge in [-0.25, -0.2) is 0 Å². The van der Waals surface area contributed by atoms with Crippen molar-refractivity contribution in [2.45, 2.75) is 51.7 Å². The standard InChI is InChI=1S/C19H27N3O4/c1-19(2,3)26-18(24)14(11-7-8-12-20)15(23)17-22-21-16(25-17)13-9-5-4-6-10-13/h4-6,9-10,14-15,23H,7-8,11-12,20H2,1-3H3. The van der Waals surface area contributed by atoms with Crippen molar-refractivity contribution in [2.75, 3.05) is 6.54 Å². The number of esters is 1. The van der Waals surface area contributed by atoms with E-state index in [1.807, 2.05) is 30.3 Å². The van der Waals surface area contributed by atoms with Crippen molar-refractivity contribution in [2.24, 2.45) is 11.7 Å². The van der Waals surface area contributed by atoms with Crippen molar-refractivity contribution in [1.82, 2.24) is 10.2 Å². The molecule has 0 saturated carbocycles. The molecule has 3 N–H and O–H groups in total. The maximum atomic E-state index is 12.5. The lowest BCUT2D eigenvalue weighted by molar-refractivity contribution is -0.165. The smallest absolute Gasteiger partial charge is 0.312 e. The number of hydrogen-bond donors (Lipinski definition) is 2. The molecule has 0 aliphatic heterocycles. The summed E-state index contributed by atoms with van der Waals surface area (Å²) in [5, 5.41) is 18.6. The van der Waals surface area contributed by atoms with Crippen LogP contribution in [0.5, 0.6) is 0 Å². The second-order valence-corrected chi connectivity index (χ2v) is 7.18. The third-order valence-corrected chi connectivity index (χ3v) is 3.77. The van der Waals surface area contributed by atoms with Crippen LogP contribution in [0.15, 0.2) is 34.7 Å². The Bertz CT molecular complexity index is 694. The van der Waals surface area contributed by atoms with Gasteiger partial charge in [0.25, 0.3) is 0 Å². The van der Waals surface area contributed by atoms with Gasteiger partial charge in [-0.15, -0.1) is 10.2 Å². The van der Waals surface area contributed by atoms with E-state index in [1.54, 1.807) is 20.8 Å². The van der Waals surface area contributed by atoms with Crippen LogP contribution in [0.25, 0.3) is 11.5 Å². The number of aromatic nitrogens is 2. The highest BCUT2D eigenvalue weighted by Gasteiger charge is 2.35. The normalized spacial score (nSPS) is 14.0. The lowest BCUT2D eigenvalue weighted by Crippen LogP contribution is -2.32. The summed E-state index contributed by atoms with van der Waals surface area (Å²) in [5.74, 6) is -0.969. The van der Waals surface area contributed by atoms with Crippen molar-refractivity contribution in [3.8, 4) is 11.5 Å². The molecule has 0 aliphatic rings. The maximum absolute atomic E-state index is 12.5. The highest BCUT2D eigenvalue weighted by molar-refractivity contribution is 5.73. The van der Waals surface area contributed by atoms with Gasteiger partial charge in [-0.05, 0) is 52.3 Å². The molecule has 2 aromatic rings. The van der Waals surface area contributed by atoms with Gasteiger partial charge in [0, 0.05) is 5.56 Å². The Morgan fingerprint density at radius 2 is 1.92 bits per heavy atom. The Balaban J connectivity index is 2.18. The fourth-order valence-corrected chi connectivity index (χ4v) is 2.51. The molecule has 142 valence electrons. The van der Waals surface area contributed by atoms with Crippen LogP contribution in [0.2, 0.25) is 0 Å². The van der Waals surface area contributed by atoms with Gasteiger partial charge in [0.15, 0.2) is 0 Å². The Kier molecular flexibility index (Phi) is 6.88. The van der Waals surface area contributed by atoms with E-state index < -0.39 is 23.6 Å². The highest BCUT2D eigenvalue weighted by Crippen LogP contribution is 2.30. The van der Waals surface area contributed by atoms with E-state index in [4.69, 9.17) is 14.9 Å². The van der Waals surface area contributed by atoms with E-state index in [1.165, 1.54) is 0 Å². The molecule has 0 bridgehead atoms. The molecule has 1 aromatic heterocycles. The highest BCUT2D eigenvalue weighted by atomic mass is 16.6. The van der Waals surface area contributed by atoms with Crippen LogP contribution in [0.4, 0.5) is 0 Å². The van der Waals surface area contributed by atoms with Gasteiger partial charge >= 0.3 is 5.97 Å². The molecule has 1 aromatic carbocycles. The number of aliphatic hydroxyl groups excluding tert-OH is 1. The maximum Gasteiger partial charge on any atom is 0.312 e. The molecule has 0 spiro atoms. The number of rotatable bonds is 8. The molecule has 2 rings (SSSR count). The minimum atomic E-state index is -1.23. The first-order valence-electron chi connectivity index (χ1n) is 8.81. The van der Waals surface area contributed by atoms with Gasteiger partial charge in [0.2, 0.25) is 11.8 Å². The first kappa shape index (κ1) is 20.1. The number of ether oxygens (including phenoxy) is 1. The number of aliphatic hydroxyl groups is 1. The zero-order valence-electron chi connectivity index (χ0n) is 15.5. The Morgan fingerprint density at radius 1 is 1.23 bits per heavy atom. The molecule has 0 saturated heterocycles. The van der Waals surface area contributed by atoms with Gasteiger partial charge in [0.1, 0.15) is 11.7 Å². The summed E-state index contributed by atoms with van der Waals surface area (Å²) in [6.07, 6.45) is 0.645. The van der Waals surface area contributed by atoms with E-state index in [0.29, 0.717) is 25.3 Å². The molecule has 0 radical (unpaired) electrons. The van der Waals surface area contributed by atoms with Gasteiger partial charge < -0.3 is 20.0 Å². The molecule has 2 atom stereocenters. The average Bonchev–Trinajstić information content (AvgIpc) is 3.07. The van der Waals surface area contributed by atoms with E-state index in [9.17, 15) is 9.90 Å². The summed E-state index contributed by atoms with van der Waals surface area (Å²) >= 11 is 0. The van der Waals surface area contributed by atoms with Crippen LogP contribution in [-0.4, -0.2) is 33.4 Å². The molecule has 0 fully saturated rings. The lowest BCUT2D eigenvalue weighted by atomic mass is 9.95. The molecule has 2 unspecified atom stereocenters. The second-order valence-electron chi connectivity index (χ2n) is 7.18. The summed E-state index contributed by atoms with van der Waals surface area (Å²) in [5.41, 5.74) is 5.63. The van der Waals surface area contributed by atoms with Crippen LogP contribution in [-0.2, 0) is 9.53 Å². The summed E-state index contributed by atoms with van der Waals surface area (Å²) < 4.78 is 11.0. The molecule has 0 amide bonds. The zero-order chi connectivity index (χ0) is 19.2. The first-order chi connectivity index (χ1) is 12.3. The van der Waals surface area contributed by atoms with Crippen molar-refractivity contribution in [1.29, 1.82) is 0 Å². The Hall–Kier alpha value is -2.25. The summed E-state index contributed by atoms with van der Waals surface area (Å²) in [6, 6.07) is 9.25. The minimum Gasteiger partial charge on any atom is -0.460 e. The SMILES string of the molecule is CC(C)(C)OC(=O)C(CCCCN)C(O)c1nnc(-c2ccccc2)o1. The predicted octanol–water partition coefficient (Wildman–Crippen LogP) is 2.86. The molecular formula is C19H27N3O4. The zero-order valence-corrected chi connectivity index (χ0v) is 15.5. The van der Waals surface area contributed by atoms with Crippen LogP contribution >= 0.6 is 0 Å².